The first kappa shape index (κ1) is 15.8. The van der Waals surface area contributed by atoms with Crippen LogP contribution in [0, 0.1) is 12.3 Å². The lowest BCUT2D eigenvalue weighted by molar-refractivity contribution is 0.0826. The molecule has 0 radical (unpaired) electrons. The maximum absolute atomic E-state index is 11.9. The van der Waals surface area contributed by atoms with E-state index in [1.807, 2.05) is 5.92 Å². The van der Waals surface area contributed by atoms with E-state index in [9.17, 15) is 14.0 Å². The minimum absolute atomic E-state index is 0.0633. The van der Waals surface area contributed by atoms with Gasteiger partial charge >= 0.3 is 12.7 Å². The van der Waals surface area contributed by atoms with E-state index in [4.69, 9.17) is 15.7 Å². The van der Waals surface area contributed by atoms with Crippen molar-refractivity contribution in [3.05, 3.63) is 0 Å². The summed E-state index contributed by atoms with van der Waals surface area (Å²) < 4.78 is 32.8. The zero-order chi connectivity index (χ0) is 12.8. The summed E-state index contributed by atoms with van der Waals surface area (Å²) in [5, 5.41) is -2.11. The van der Waals surface area contributed by atoms with Crippen molar-refractivity contribution in [2.45, 2.75) is 38.4 Å². The summed E-state index contributed by atoms with van der Waals surface area (Å²) in [6.45, 7) is 5.06. The quantitative estimate of drug-likeness (QED) is 0.566. The van der Waals surface area contributed by atoms with Gasteiger partial charge in [0.05, 0.1) is 6.10 Å². The van der Waals surface area contributed by atoms with E-state index in [0.717, 1.165) is 0 Å². The molecule has 0 spiro atoms. The number of rotatable bonds is 7. The molecule has 0 aromatic carbocycles. The summed E-state index contributed by atoms with van der Waals surface area (Å²) in [5.74, 6) is 1.95. The fourth-order valence-corrected chi connectivity index (χ4v) is 2.92. The highest BCUT2D eigenvalue weighted by Crippen LogP contribution is 2.61. The Morgan fingerprint density at radius 3 is 2.50 bits per heavy atom. The molecule has 92 valence electrons. The van der Waals surface area contributed by atoms with Crippen LogP contribution < -0.4 is 0 Å². The van der Waals surface area contributed by atoms with Gasteiger partial charge in [-0.2, -0.15) is 0 Å². The van der Waals surface area contributed by atoms with E-state index in [0.29, 0.717) is 6.42 Å². The molecule has 0 bridgehead atoms. The summed E-state index contributed by atoms with van der Waals surface area (Å²) >= 11 is 0. The minimum Gasteiger partial charge on any atom is -0.343 e. The fraction of sp³-hybridized carbons (Fsp3) is 0.778. The monoisotopic (exact) mass is 266 g/mol. The molecule has 0 rings (SSSR count). The van der Waals surface area contributed by atoms with Crippen molar-refractivity contribution in [2.75, 3.05) is 6.61 Å². The Bertz CT molecular complexity index is 324. The molecule has 0 heterocycles. The second-order valence-corrected chi connectivity index (χ2v) is 6.17. The highest BCUT2D eigenvalue weighted by molar-refractivity contribution is 7.64. The lowest BCUT2D eigenvalue weighted by Crippen LogP contribution is -2.26. The van der Waals surface area contributed by atoms with E-state index in [-0.39, 0.29) is 6.61 Å². The molecular weight excluding hydrogens is 250 g/mol. The van der Waals surface area contributed by atoms with Crippen LogP contribution >= 0.6 is 16.1 Å². The van der Waals surface area contributed by atoms with E-state index < -0.39 is 27.2 Å². The molecule has 0 aromatic rings. The lowest BCUT2D eigenvalue weighted by Gasteiger charge is -2.27. The largest absolute Gasteiger partial charge is 0.384 e. The van der Waals surface area contributed by atoms with Crippen molar-refractivity contribution >= 4 is 16.1 Å². The maximum atomic E-state index is 11.9. The summed E-state index contributed by atoms with van der Waals surface area (Å²) in [6, 6.07) is 0. The van der Waals surface area contributed by atoms with Gasteiger partial charge in [-0.15, -0.1) is 6.42 Å². The molecule has 5 nitrogen and oxygen atoms in total. The molecule has 0 aromatic heterocycles. The Hall–Kier alpha value is -0.230. The Balaban J connectivity index is 5.13. The third kappa shape index (κ3) is 3.38. The van der Waals surface area contributed by atoms with Gasteiger partial charge in [0.2, 0.25) is 8.46 Å². The van der Waals surface area contributed by atoms with Gasteiger partial charge in [0, 0.05) is 6.61 Å². The number of ether oxygens (including phenoxy) is 1. The summed E-state index contributed by atoms with van der Waals surface area (Å²) in [6.07, 6.45) is 5.18. The molecule has 1 N–H and O–H groups in total. The first-order valence-corrected chi connectivity index (χ1v) is 7.25. The van der Waals surface area contributed by atoms with Gasteiger partial charge in [0.15, 0.2) is 0 Å². The van der Waals surface area contributed by atoms with E-state index in [1.165, 1.54) is 0 Å². The van der Waals surface area contributed by atoms with Gasteiger partial charge in [0.1, 0.15) is 0 Å². The van der Waals surface area contributed by atoms with E-state index in [2.05, 4.69) is 0 Å². The molecule has 0 aliphatic rings. The van der Waals surface area contributed by atoms with Gasteiger partial charge < -0.3 is 14.2 Å². The Kier molecular flexibility index (Phi) is 6.40. The number of hydrogen-bond acceptors (Lipinski definition) is 4. The predicted octanol–water partition coefficient (Wildman–Crippen LogP) is 2.60. The molecule has 0 amide bonds. The van der Waals surface area contributed by atoms with Crippen molar-refractivity contribution < 1.29 is 23.3 Å². The molecule has 0 aliphatic carbocycles. The van der Waals surface area contributed by atoms with Gasteiger partial charge in [-0.25, -0.2) is 0 Å². The molecule has 3 atom stereocenters. The third-order valence-electron chi connectivity index (χ3n) is 1.94. The van der Waals surface area contributed by atoms with Crippen LogP contribution in [0.3, 0.4) is 0 Å². The molecular formula is C9H16O5P2. The van der Waals surface area contributed by atoms with Gasteiger partial charge in [-0.05, 0) is 26.2 Å². The first-order chi connectivity index (χ1) is 7.39. The first-order valence-electron chi connectivity index (χ1n) is 4.86. The van der Waals surface area contributed by atoms with Crippen LogP contribution in [0.2, 0.25) is 0 Å². The van der Waals surface area contributed by atoms with Crippen LogP contribution in [0.15, 0.2) is 0 Å². The summed E-state index contributed by atoms with van der Waals surface area (Å²) in [5.41, 5.74) is 0. The molecule has 3 unspecified atom stereocenters. The summed E-state index contributed by atoms with van der Waals surface area (Å²) in [4.78, 5) is 9.72. The molecule has 0 saturated heterocycles. The molecule has 0 fully saturated rings. The van der Waals surface area contributed by atoms with Crippen LogP contribution in [0.25, 0.3) is 0 Å². The number of terminal acetylenes is 1. The lowest BCUT2D eigenvalue weighted by atomic mass is 10.3. The van der Waals surface area contributed by atoms with Crippen molar-refractivity contribution in [1.82, 2.24) is 0 Å². The standard InChI is InChI=1S/C9H16O5P2/c1-5-8(4)14-16(11,12)9(6-2,15-10)13-7-3/h2,8H,5,7H2,1,3-4H3,(H,11,12). The maximum Gasteiger partial charge on any atom is 0.384 e. The van der Waals surface area contributed by atoms with Crippen LogP contribution in [0.5, 0.6) is 0 Å². The van der Waals surface area contributed by atoms with Crippen LogP contribution in [-0.4, -0.2) is 22.7 Å². The zero-order valence-electron chi connectivity index (χ0n) is 9.54. The van der Waals surface area contributed by atoms with Gasteiger partial charge in [-0.3, -0.25) is 9.13 Å². The number of hydrogen-bond donors (Lipinski definition) is 1. The summed E-state index contributed by atoms with van der Waals surface area (Å²) in [7, 11) is -5.06. The highest BCUT2D eigenvalue weighted by atomic mass is 31.2. The zero-order valence-corrected chi connectivity index (χ0v) is 11.3. The van der Waals surface area contributed by atoms with Crippen molar-refractivity contribution in [3.63, 3.8) is 0 Å². The second-order valence-electron chi connectivity index (χ2n) is 3.12. The Labute approximate surface area is 97.3 Å². The van der Waals surface area contributed by atoms with Crippen molar-refractivity contribution in [1.29, 1.82) is 0 Å². The SMILES string of the molecule is C#CC(OCC)(P=O)P(=O)(O)OC(C)CC. The van der Waals surface area contributed by atoms with Crippen LogP contribution in [0.4, 0.5) is 0 Å². The minimum atomic E-state index is -4.31. The Morgan fingerprint density at radius 2 is 2.19 bits per heavy atom. The smallest absolute Gasteiger partial charge is 0.343 e. The average Bonchev–Trinajstić information content (AvgIpc) is 2.24. The molecule has 7 heteroatoms. The van der Waals surface area contributed by atoms with Crippen LogP contribution in [-0.2, 0) is 18.4 Å². The van der Waals surface area contributed by atoms with Crippen molar-refractivity contribution in [3.8, 4) is 12.3 Å². The third-order valence-corrected chi connectivity index (χ3v) is 5.12. The van der Waals surface area contributed by atoms with E-state index >= 15 is 0 Å². The molecule has 0 saturated carbocycles. The van der Waals surface area contributed by atoms with Crippen molar-refractivity contribution in [2.24, 2.45) is 0 Å². The Morgan fingerprint density at radius 1 is 1.62 bits per heavy atom. The van der Waals surface area contributed by atoms with Crippen LogP contribution in [0.1, 0.15) is 27.2 Å². The topological polar surface area (TPSA) is 72.8 Å². The van der Waals surface area contributed by atoms with Gasteiger partial charge in [0.25, 0.3) is 0 Å². The average molecular weight is 266 g/mol. The van der Waals surface area contributed by atoms with E-state index in [1.54, 1.807) is 20.8 Å². The fourth-order valence-electron chi connectivity index (χ4n) is 0.900. The molecule has 16 heavy (non-hydrogen) atoms. The second kappa shape index (κ2) is 6.49. The normalized spacial score (nSPS) is 20.7. The highest BCUT2D eigenvalue weighted by Gasteiger charge is 2.51. The van der Waals surface area contributed by atoms with Gasteiger partial charge in [-0.1, -0.05) is 6.92 Å². The molecule has 0 aliphatic heterocycles. The predicted molar refractivity (Wildman–Crippen MR) is 61.5 cm³/mol.